The number of aromatic nitrogens is 2. The van der Waals surface area contributed by atoms with Gasteiger partial charge in [0.2, 0.25) is 0 Å². The molecule has 2 rings (SSSR count). The van der Waals surface area contributed by atoms with Gasteiger partial charge in [-0.15, -0.1) is 0 Å². The molecule has 0 bridgehead atoms. The summed E-state index contributed by atoms with van der Waals surface area (Å²) in [6.45, 7) is 6.32. The average Bonchev–Trinajstić information content (AvgIpc) is 2.80. The summed E-state index contributed by atoms with van der Waals surface area (Å²) in [5.41, 5.74) is 6.87. The first-order chi connectivity index (χ1) is 8.33. The maximum Gasteiger partial charge on any atom is 0.109 e. The summed E-state index contributed by atoms with van der Waals surface area (Å²) in [4.78, 5) is 10.5. The molecule has 0 spiro atoms. The van der Waals surface area contributed by atoms with Gasteiger partial charge < -0.3 is 15.6 Å². The molecule has 1 aliphatic heterocycles. The molecule has 4 nitrogen and oxygen atoms in total. The number of nitrogens with two attached hydrogens (primary N) is 1. The number of rotatable bonds is 5. The van der Waals surface area contributed by atoms with Gasteiger partial charge in [0.1, 0.15) is 5.82 Å². The smallest absolute Gasteiger partial charge is 0.109 e. The summed E-state index contributed by atoms with van der Waals surface area (Å²) in [6, 6.07) is 0. The van der Waals surface area contributed by atoms with E-state index in [4.69, 9.17) is 5.73 Å². The van der Waals surface area contributed by atoms with Crippen LogP contribution in [0.4, 0.5) is 0 Å². The second-order valence-corrected chi connectivity index (χ2v) is 4.95. The van der Waals surface area contributed by atoms with Gasteiger partial charge >= 0.3 is 0 Å². The first kappa shape index (κ1) is 12.6. The third-order valence-electron chi connectivity index (χ3n) is 3.59. The number of H-pyrrole nitrogens is 1. The standard InChI is InChI=1S/C13H24N4/c1-2-3-12-10-15-13(16-12)11-4-7-17(8-5-11)9-6-14/h10-11H,2-9,14H2,1H3,(H,15,16). The molecule has 0 amide bonds. The fourth-order valence-electron chi connectivity index (χ4n) is 2.59. The van der Waals surface area contributed by atoms with Crippen LogP contribution < -0.4 is 5.73 Å². The Bertz CT molecular complexity index is 326. The van der Waals surface area contributed by atoms with Crippen LogP contribution in [0.15, 0.2) is 6.20 Å². The predicted molar refractivity (Wildman–Crippen MR) is 70.1 cm³/mol. The molecule has 1 fully saturated rings. The molecule has 1 saturated heterocycles. The number of nitrogens with one attached hydrogen (secondary N) is 1. The molecule has 1 aromatic heterocycles. The van der Waals surface area contributed by atoms with E-state index in [-0.39, 0.29) is 0 Å². The molecule has 3 N–H and O–H groups in total. The van der Waals surface area contributed by atoms with Crippen molar-refractivity contribution in [3.05, 3.63) is 17.7 Å². The quantitative estimate of drug-likeness (QED) is 0.814. The zero-order valence-corrected chi connectivity index (χ0v) is 10.8. The van der Waals surface area contributed by atoms with E-state index in [1.165, 1.54) is 30.8 Å². The number of piperidine rings is 1. The maximum atomic E-state index is 5.58. The zero-order valence-electron chi connectivity index (χ0n) is 10.8. The van der Waals surface area contributed by atoms with E-state index < -0.39 is 0 Å². The van der Waals surface area contributed by atoms with Gasteiger partial charge in [0.05, 0.1) is 0 Å². The number of hydrogen-bond acceptors (Lipinski definition) is 3. The van der Waals surface area contributed by atoms with Gasteiger partial charge in [-0.1, -0.05) is 13.3 Å². The Morgan fingerprint density at radius 2 is 2.24 bits per heavy atom. The van der Waals surface area contributed by atoms with Crippen molar-refractivity contribution in [1.82, 2.24) is 14.9 Å². The van der Waals surface area contributed by atoms with E-state index in [1.807, 2.05) is 6.20 Å². The summed E-state index contributed by atoms with van der Waals surface area (Å²) in [6.07, 6.45) is 6.71. The molecule has 2 heterocycles. The largest absolute Gasteiger partial charge is 0.346 e. The van der Waals surface area contributed by atoms with Crippen molar-refractivity contribution in [2.24, 2.45) is 5.73 Å². The van der Waals surface area contributed by atoms with E-state index in [9.17, 15) is 0 Å². The Labute approximate surface area is 104 Å². The number of likely N-dealkylation sites (tertiary alicyclic amines) is 1. The second kappa shape index (κ2) is 6.17. The van der Waals surface area contributed by atoms with Crippen LogP contribution in [0.1, 0.15) is 43.6 Å². The highest BCUT2D eigenvalue weighted by atomic mass is 15.1. The Balaban J connectivity index is 1.86. The van der Waals surface area contributed by atoms with E-state index in [0.29, 0.717) is 5.92 Å². The Morgan fingerprint density at radius 1 is 1.47 bits per heavy atom. The zero-order chi connectivity index (χ0) is 12.1. The minimum atomic E-state index is 0.620. The van der Waals surface area contributed by atoms with Crippen molar-refractivity contribution in [2.75, 3.05) is 26.2 Å². The highest BCUT2D eigenvalue weighted by molar-refractivity contribution is 5.06. The van der Waals surface area contributed by atoms with Crippen LogP contribution in [0.5, 0.6) is 0 Å². The minimum absolute atomic E-state index is 0.620. The molecule has 17 heavy (non-hydrogen) atoms. The third kappa shape index (κ3) is 3.30. The van der Waals surface area contributed by atoms with Gasteiger partial charge in [-0.05, 0) is 32.4 Å². The van der Waals surface area contributed by atoms with Gasteiger partial charge in [0.15, 0.2) is 0 Å². The minimum Gasteiger partial charge on any atom is -0.346 e. The summed E-state index contributed by atoms with van der Waals surface area (Å²) in [5, 5.41) is 0. The first-order valence-electron chi connectivity index (χ1n) is 6.79. The van der Waals surface area contributed by atoms with Crippen molar-refractivity contribution < 1.29 is 0 Å². The summed E-state index contributed by atoms with van der Waals surface area (Å²) < 4.78 is 0. The first-order valence-corrected chi connectivity index (χ1v) is 6.79. The number of aromatic amines is 1. The average molecular weight is 236 g/mol. The number of aryl methyl sites for hydroxylation is 1. The molecule has 0 aromatic carbocycles. The Hall–Kier alpha value is -0.870. The van der Waals surface area contributed by atoms with Crippen molar-refractivity contribution in [3.63, 3.8) is 0 Å². The van der Waals surface area contributed by atoms with E-state index >= 15 is 0 Å². The molecule has 0 atom stereocenters. The normalized spacial score (nSPS) is 18.7. The monoisotopic (exact) mass is 236 g/mol. The van der Waals surface area contributed by atoms with Crippen LogP contribution in [0, 0.1) is 0 Å². The number of imidazole rings is 1. The van der Waals surface area contributed by atoms with Crippen molar-refractivity contribution >= 4 is 0 Å². The fourth-order valence-corrected chi connectivity index (χ4v) is 2.59. The van der Waals surface area contributed by atoms with Crippen LogP contribution in [0.2, 0.25) is 0 Å². The van der Waals surface area contributed by atoms with Crippen LogP contribution >= 0.6 is 0 Å². The topological polar surface area (TPSA) is 57.9 Å². The number of hydrogen-bond donors (Lipinski definition) is 2. The summed E-state index contributed by atoms with van der Waals surface area (Å²) >= 11 is 0. The molecule has 0 saturated carbocycles. The molecule has 96 valence electrons. The van der Waals surface area contributed by atoms with Crippen molar-refractivity contribution in [3.8, 4) is 0 Å². The fraction of sp³-hybridized carbons (Fsp3) is 0.769. The lowest BCUT2D eigenvalue weighted by atomic mass is 9.96. The Morgan fingerprint density at radius 3 is 2.88 bits per heavy atom. The summed E-state index contributed by atoms with van der Waals surface area (Å²) in [7, 11) is 0. The maximum absolute atomic E-state index is 5.58. The highest BCUT2D eigenvalue weighted by Crippen LogP contribution is 2.25. The molecule has 1 aromatic rings. The van der Waals surface area contributed by atoms with Crippen LogP contribution in [-0.4, -0.2) is 41.0 Å². The lowest BCUT2D eigenvalue weighted by Gasteiger charge is -2.30. The van der Waals surface area contributed by atoms with E-state index in [2.05, 4.69) is 21.8 Å². The van der Waals surface area contributed by atoms with Crippen molar-refractivity contribution in [2.45, 2.75) is 38.5 Å². The van der Waals surface area contributed by atoms with Gasteiger partial charge in [-0.2, -0.15) is 0 Å². The molecule has 0 radical (unpaired) electrons. The highest BCUT2D eigenvalue weighted by Gasteiger charge is 2.22. The molecule has 4 heteroatoms. The Kier molecular flexibility index (Phi) is 4.57. The van der Waals surface area contributed by atoms with Crippen LogP contribution in [0.25, 0.3) is 0 Å². The molecular formula is C13H24N4. The third-order valence-corrected chi connectivity index (χ3v) is 3.59. The lowest BCUT2D eigenvalue weighted by molar-refractivity contribution is 0.215. The second-order valence-electron chi connectivity index (χ2n) is 4.95. The van der Waals surface area contributed by atoms with E-state index in [0.717, 1.165) is 32.6 Å². The van der Waals surface area contributed by atoms with Crippen LogP contribution in [-0.2, 0) is 6.42 Å². The lowest BCUT2D eigenvalue weighted by Crippen LogP contribution is -2.36. The van der Waals surface area contributed by atoms with Gasteiger partial charge in [-0.3, -0.25) is 0 Å². The molecule has 0 aliphatic carbocycles. The van der Waals surface area contributed by atoms with Gasteiger partial charge in [0.25, 0.3) is 0 Å². The van der Waals surface area contributed by atoms with Gasteiger partial charge in [0, 0.05) is 30.9 Å². The summed E-state index contributed by atoms with van der Waals surface area (Å²) in [5.74, 6) is 1.82. The number of nitrogens with zero attached hydrogens (tertiary/aromatic N) is 2. The SMILES string of the molecule is CCCc1cnc(C2CCN(CCN)CC2)[nH]1. The van der Waals surface area contributed by atoms with Gasteiger partial charge in [-0.25, -0.2) is 4.98 Å². The predicted octanol–water partition coefficient (Wildman–Crippen LogP) is 1.50. The molecule has 1 aliphatic rings. The van der Waals surface area contributed by atoms with E-state index in [1.54, 1.807) is 0 Å². The molecular weight excluding hydrogens is 212 g/mol. The van der Waals surface area contributed by atoms with Crippen molar-refractivity contribution in [1.29, 1.82) is 0 Å². The molecule has 0 unspecified atom stereocenters. The van der Waals surface area contributed by atoms with Crippen LogP contribution in [0.3, 0.4) is 0 Å².